The van der Waals surface area contributed by atoms with Crippen LogP contribution in [0.25, 0.3) is 11.5 Å². The minimum absolute atomic E-state index is 0.0446. The highest BCUT2D eigenvalue weighted by molar-refractivity contribution is 6.30. The van der Waals surface area contributed by atoms with Crippen molar-refractivity contribution < 1.29 is 18.7 Å². The van der Waals surface area contributed by atoms with E-state index in [1.807, 2.05) is 30.3 Å². The highest BCUT2D eigenvalue weighted by atomic mass is 35.5. The van der Waals surface area contributed by atoms with Crippen LogP contribution in [0.3, 0.4) is 0 Å². The topological polar surface area (TPSA) is 81.4 Å². The number of carbonyl (C=O) groups is 2. The zero-order valence-electron chi connectivity index (χ0n) is 13.9. The summed E-state index contributed by atoms with van der Waals surface area (Å²) < 4.78 is 10.5. The molecule has 0 spiro atoms. The first-order valence-corrected chi connectivity index (χ1v) is 8.16. The first kappa shape index (κ1) is 17.7. The van der Waals surface area contributed by atoms with E-state index in [-0.39, 0.29) is 5.69 Å². The predicted molar refractivity (Wildman–Crippen MR) is 97.0 cm³/mol. The lowest BCUT2D eigenvalue weighted by Gasteiger charge is -2.05. The van der Waals surface area contributed by atoms with E-state index >= 15 is 0 Å². The van der Waals surface area contributed by atoms with Gasteiger partial charge >= 0.3 is 5.97 Å². The fraction of sp³-hybridized carbons (Fsp3) is 0.105. The number of aromatic nitrogens is 1. The Morgan fingerprint density at radius 3 is 2.50 bits per heavy atom. The molecule has 0 atom stereocenters. The SMILES string of the molecule is Cc1oc(-c2ccccc2)nc1C(=O)OCC(=O)Nc1ccc(Cl)cc1. The molecule has 0 unspecified atom stereocenters. The van der Waals surface area contributed by atoms with Gasteiger partial charge in [-0.15, -0.1) is 0 Å². The number of oxazole rings is 1. The number of ether oxygens (including phenoxy) is 1. The molecular weight excluding hydrogens is 356 g/mol. The van der Waals surface area contributed by atoms with Crippen LogP contribution in [0.15, 0.2) is 59.0 Å². The third-order valence-electron chi connectivity index (χ3n) is 3.47. The molecule has 0 bridgehead atoms. The number of aryl methyl sites for hydroxylation is 1. The normalized spacial score (nSPS) is 10.4. The Morgan fingerprint density at radius 2 is 1.81 bits per heavy atom. The van der Waals surface area contributed by atoms with Gasteiger partial charge in [0.25, 0.3) is 5.91 Å². The van der Waals surface area contributed by atoms with Crippen LogP contribution in [0.4, 0.5) is 5.69 Å². The lowest BCUT2D eigenvalue weighted by atomic mass is 10.2. The molecule has 0 aliphatic carbocycles. The van der Waals surface area contributed by atoms with Crippen LogP contribution in [0.2, 0.25) is 5.02 Å². The lowest BCUT2D eigenvalue weighted by molar-refractivity contribution is -0.119. The molecule has 1 aromatic heterocycles. The number of nitrogens with zero attached hydrogens (tertiary/aromatic N) is 1. The Balaban J connectivity index is 1.60. The number of hydrogen-bond donors (Lipinski definition) is 1. The zero-order chi connectivity index (χ0) is 18.5. The summed E-state index contributed by atoms with van der Waals surface area (Å²) in [7, 11) is 0. The fourth-order valence-electron chi connectivity index (χ4n) is 2.22. The molecule has 0 radical (unpaired) electrons. The molecule has 2 aromatic carbocycles. The van der Waals surface area contributed by atoms with Gasteiger partial charge in [0.15, 0.2) is 12.3 Å². The summed E-state index contributed by atoms with van der Waals surface area (Å²) in [6, 6.07) is 15.8. The van der Waals surface area contributed by atoms with Crippen LogP contribution in [0.1, 0.15) is 16.2 Å². The second kappa shape index (κ2) is 7.84. The van der Waals surface area contributed by atoms with Gasteiger partial charge in [0.2, 0.25) is 5.89 Å². The Labute approximate surface area is 154 Å². The third-order valence-corrected chi connectivity index (χ3v) is 3.72. The molecule has 0 fully saturated rings. The summed E-state index contributed by atoms with van der Waals surface area (Å²) in [6.07, 6.45) is 0. The van der Waals surface area contributed by atoms with Crippen LogP contribution in [0.5, 0.6) is 0 Å². The number of nitrogens with one attached hydrogen (secondary N) is 1. The summed E-state index contributed by atoms with van der Waals surface area (Å²) in [5.41, 5.74) is 1.35. The van der Waals surface area contributed by atoms with Gasteiger partial charge in [0.05, 0.1) is 0 Å². The van der Waals surface area contributed by atoms with Crippen molar-refractivity contribution in [3.63, 3.8) is 0 Å². The van der Waals surface area contributed by atoms with E-state index in [0.29, 0.717) is 22.4 Å². The van der Waals surface area contributed by atoms with Crippen molar-refractivity contribution in [3.05, 3.63) is 71.1 Å². The molecule has 7 heteroatoms. The van der Waals surface area contributed by atoms with E-state index in [9.17, 15) is 9.59 Å². The molecule has 0 saturated heterocycles. The van der Waals surface area contributed by atoms with Crippen molar-refractivity contribution in [1.29, 1.82) is 0 Å². The van der Waals surface area contributed by atoms with E-state index in [4.69, 9.17) is 20.8 Å². The third kappa shape index (κ3) is 4.29. The summed E-state index contributed by atoms with van der Waals surface area (Å²) in [4.78, 5) is 28.2. The van der Waals surface area contributed by atoms with Gasteiger partial charge in [0, 0.05) is 16.3 Å². The van der Waals surface area contributed by atoms with Crippen LogP contribution < -0.4 is 5.32 Å². The van der Waals surface area contributed by atoms with Gasteiger partial charge in [-0.05, 0) is 43.3 Å². The van der Waals surface area contributed by atoms with E-state index in [2.05, 4.69) is 10.3 Å². The number of halogens is 1. The first-order valence-electron chi connectivity index (χ1n) is 7.78. The van der Waals surface area contributed by atoms with Crippen LogP contribution >= 0.6 is 11.6 Å². The number of hydrogen-bond acceptors (Lipinski definition) is 5. The maximum absolute atomic E-state index is 12.2. The van der Waals surface area contributed by atoms with Crippen LogP contribution in [-0.2, 0) is 9.53 Å². The van der Waals surface area contributed by atoms with Gasteiger partial charge in [-0.1, -0.05) is 29.8 Å². The average molecular weight is 371 g/mol. The van der Waals surface area contributed by atoms with Gasteiger partial charge in [-0.2, -0.15) is 0 Å². The molecule has 0 aliphatic rings. The molecule has 1 N–H and O–H groups in total. The minimum atomic E-state index is -0.723. The Bertz CT molecular complexity index is 920. The van der Waals surface area contributed by atoms with E-state index in [1.165, 1.54) is 0 Å². The number of anilines is 1. The Morgan fingerprint density at radius 1 is 1.12 bits per heavy atom. The largest absolute Gasteiger partial charge is 0.451 e. The van der Waals surface area contributed by atoms with Crippen molar-refractivity contribution >= 4 is 29.2 Å². The first-order chi connectivity index (χ1) is 12.5. The molecule has 1 amide bonds. The minimum Gasteiger partial charge on any atom is -0.451 e. The molecule has 26 heavy (non-hydrogen) atoms. The predicted octanol–water partition coefficient (Wildman–Crippen LogP) is 4.10. The molecule has 3 rings (SSSR count). The van der Waals surface area contributed by atoms with E-state index < -0.39 is 18.5 Å². The van der Waals surface area contributed by atoms with Gasteiger partial charge in [0.1, 0.15) is 5.76 Å². The fourth-order valence-corrected chi connectivity index (χ4v) is 2.35. The molecule has 132 valence electrons. The lowest BCUT2D eigenvalue weighted by Crippen LogP contribution is -2.21. The van der Waals surface area contributed by atoms with E-state index in [1.54, 1.807) is 31.2 Å². The zero-order valence-corrected chi connectivity index (χ0v) is 14.6. The van der Waals surface area contributed by atoms with Gasteiger partial charge < -0.3 is 14.5 Å². The molecule has 3 aromatic rings. The van der Waals surface area contributed by atoms with Crippen molar-refractivity contribution in [1.82, 2.24) is 4.98 Å². The molecule has 1 heterocycles. The van der Waals surface area contributed by atoms with Crippen LogP contribution in [0, 0.1) is 6.92 Å². The summed E-state index contributed by atoms with van der Waals surface area (Å²) in [6.45, 7) is 1.18. The number of rotatable bonds is 5. The molecule has 0 aliphatic heterocycles. The standard InChI is InChI=1S/C19H15ClN2O4/c1-12-17(22-18(26-12)13-5-3-2-4-6-13)19(24)25-11-16(23)21-15-9-7-14(20)8-10-15/h2-10H,11H2,1H3,(H,21,23). The monoisotopic (exact) mass is 370 g/mol. The number of amides is 1. The smallest absolute Gasteiger partial charge is 0.361 e. The summed E-state index contributed by atoms with van der Waals surface area (Å²) >= 11 is 5.78. The molecule has 0 saturated carbocycles. The number of carbonyl (C=O) groups excluding carboxylic acids is 2. The van der Waals surface area contributed by atoms with Crippen molar-refractivity contribution in [2.75, 3.05) is 11.9 Å². The summed E-state index contributed by atoms with van der Waals surface area (Å²) in [5.74, 6) is -0.544. The van der Waals surface area contributed by atoms with Crippen molar-refractivity contribution in [2.24, 2.45) is 0 Å². The Kier molecular flexibility index (Phi) is 5.34. The molecular formula is C19H15ClN2O4. The maximum atomic E-state index is 12.2. The average Bonchev–Trinajstić information content (AvgIpc) is 3.04. The number of esters is 1. The Hall–Kier alpha value is -3.12. The maximum Gasteiger partial charge on any atom is 0.361 e. The number of benzene rings is 2. The van der Waals surface area contributed by atoms with Crippen LogP contribution in [-0.4, -0.2) is 23.5 Å². The quantitative estimate of drug-likeness (QED) is 0.684. The van der Waals surface area contributed by atoms with Crippen molar-refractivity contribution in [3.8, 4) is 11.5 Å². The van der Waals surface area contributed by atoms with Gasteiger partial charge in [-0.3, -0.25) is 4.79 Å². The highest BCUT2D eigenvalue weighted by Crippen LogP contribution is 2.21. The summed E-state index contributed by atoms with van der Waals surface area (Å²) in [5, 5.41) is 3.16. The van der Waals surface area contributed by atoms with Crippen molar-refractivity contribution in [2.45, 2.75) is 6.92 Å². The second-order valence-electron chi connectivity index (χ2n) is 5.42. The molecule has 6 nitrogen and oxygen atoms in total. The van der Waals surface area contributed by atoms with Gasteiger partial charge in [-0.25, -0.2) is 9.78 Å². The highest BCUT2D eigenvalue weighted by Gasteiger charge is 2.20. The van der Waals surface area contributed by atoms with E-state index in [0.717, 1.165) is 5.56 Å². The second-order valence-corrected chi connectivity index (χ2v) is 5.86.